The van der Waals surface area contributed by atoms with Crippen LogP contribution in [0.3, 0.4) is 0 Å². The van der Waals surface area contributed by atoms with Crippen molar-refractivity contribution in [2.45, 2.75) is 13.0 Å². The van der Waals surface area contributed by atoms with E-state index in [1.807, 2.05) is 26.2 Å². The topological polar surface area (TPSA) is 3.24 Å². The second-order valence-corrected chi connectivity index (χ2v) is 4.15. The van der Waals surface area contributed by atoms with Gasteiger partial charge in [0, 0.05) is 16.1 Å². The lowest BCUT2D eigenvalue weighted by Crippen LogP contribution is -2.16. The molecule has 0 saturated heterocycles. The Morgan fingerprint density at radius 2 is 1.85 bits per heavy atom. The van der Waals surface area contributed by atoms with Crippen LogP contribution in [0, 0.1) is 0 Å². The molecule has 0 amide bonds. The van der Waals surface area contributed by atoms with E-state index in [0.717, 1.165) is 10.6 Å². The highest BCUT2D eigenvalue weighted by atomic mass is 35.5. The summed E-state index contributed by atoms with van der Waals surface area (Å²) in [6, 6.07) is 5.92. The van der Waals surface area contributed by atoms with E-state index >= 15 is 0 Å². The second kappa shape index (κ2) is 4.32. The van der Waals surface area contributed by atoms with Gasteiger partial charge in [-0.2, -0.15) is 0 Å². The first-order valence-electron chi connectivity index (χ1n) is 4.13. The van der Waals surface area contributed by atoms with E-state index in [1.54, 1.807) is 6.07 Å². The maximum Gasteiger partial charge on any atom is 0.0468 e. The maximum absolute atomic E-state index is 6.06. The number of nitrogens with zero attached hydrogens (tertiary/aromatic N) is 1. The lowest BCUT2D eigenvalue weighted by Gasteiger charge is -2.21. The molecule has 0 fully saturated rings. The summed E-state index contributed by atoms with van der Waals surface area (Å²) in [5.74, 6) is 0. The fourth-order valence-electron chi connectivity index (χ4n) is 1.12. The molecule has 0 saturated carbocycles. The van der Waals surface area contributed by atoms with Crippen LogP contribution in [0.4, 0.5) is 0 Å². The van der Waals surface area contributed by atoms with Gasteiger partial charge in [-0.1, -0.05) is 29.3 Å². The van der Waals surface area contributed by atoms with Crippen LogP contribution in [0.15, 0.2) is 18.2 Å². The molecule has 1 unspecified atom stereocenters. The summed E-state index contributed by atoms with van der Waals surface area (Å²) in [6.45, 7) is 2.11. The number of halogens is 2. The Morgan fingerprint density at radius 3 is 2.31 bits per heavy atom. The molecule has 3 heteroatoms. The molecule has 0 heterocycles. The smallest absolute Gasteiger partial charge is 0.0468 e. The Morgan fingerprint density at radius 1 is 1.23 bits per heavy atom. The van der Waals surface area contributed by atoms with Crippen molar-refractivity contribution >= 4 is 23.2 Å². The quantitative estimate of drug-likeness (QED) is 0.732. The summed E-state index contributed by atoms with van der Waals surface area (Å²) in [4.78, 5) is 2.11. The number of hydrogen-bond acceptors (Lipinski definition) is 1. The molecule has 0 bridgehead atoms. The van der Waals surface area contributed by atoms with Gasteiger partial charge in [-0.25, -0.2) is 0 Å². The lowest BCUT2D eigenvalue weighted by atomic mass is 10.1. The minimum absolute atomic E-state index is 0.310. The van der Waals surface area contributed by atoms with Gasteiger partial charge in [-0.15, -0.1) is 0 Å². The number of benzene rings is 1. The zero-order chi connectivity index (χ0) is 10.0. The lowest BCUT2D eigenvalue weighted by molar-refractivity contribution is 0.321. The van der Waals surface area contributed by atoms with Crippen molar-refractivity contribution in [2.24, 2.45) is 0 Å². The Labute approximate surface area is 89.3 Å². The van der Waals surface area contributed by atoms with Gasteiger partial charge in [0.15, 0.2) is 0 Å². The van der Waals surface area contributed by atoms with Crippen LogP contribution in [-0.2, 0) is 0 Å². The molecule has 0 radical (unpaired) electrons. The van der Waals surface area contributed by atoms with Crippen LogP contribution < -0.4 is 0 Å². The molecule has 1 aromatic carbocycles. The molecule has 13 heavy (non-hydrogen) atoms. The number of rotatable bonds is 2. The van der Waals surface area contributed by atoms with E-state index < -0.39 is 0 Å². The first-order chi connectivity index (χ1) is 6.02. The molecule has 0 spiro atoms. The van der Waals surface area contributed by atoms with Gasteiger partial charge in [0.1, 0.15) is 0 Å². The SMILES string of the molecule is CC(c1ccc(Cl)cc1Cl)N(C)C. The number of hydrogen-bond donors (Lipinski definition) is 0. The van der Waals surface area contributed by atoms with Crippen molar-refractivity contribution in [3.05, 3.63) is 33.8 Å². The molecule has 0 aliphatic heterocycles. The third kappa shape index (κ3) is 2.60. The average molecular weight is 218 g/mol. The second-order valence-electron chi connectivity index (χ2n) is 3.31. The molecule has 0 aliphatic rings. The summed E-state index contributed by atoms with van der Waals surface area (Å²) >= 11 is 11.9. The maximum atomic E-state index is 6.06. The van der Waals surface area contributed by atoms with E-state index in [1.165, 1.54) is 0 Å². The van der Waals surface area contributed by atoms with E-state index in [2.05, 4.69) is 11.8 Å². The molecule has 1 atom stereocenters. The zero-order valence-corrected chi connectivity index (χ0v) is 9.52. The predicted molar refractivity (Wildman–Crippen MR) is 58.6 cm³/mol. The molecule has 0 aromatic heterocycles. The van der Waals surface area contributed by atoms with Crippen molar-refractivity contribution in [3.63, 3.8) is 0 Å². The predicted octanol–water partition coefficient (Wildman–Crippen LogP) is 3.62. The Kier molecular flexibility index (Phi) is 3.60. The molecule has 72 valence electrons. The highest BCUT2D eigenvalue weighted by molar-refractivity contribution is 6.35. The standard InChI is InChI=1S/C10H13Cl2N/c1-7(13(2)3)9-5-4-8(11)6-10(9)12/h4-7H,1-3H3. The summed E-state index contributed by atoms with van der Waals surface area (Å²) < 4.78 is 0. The molecular weight excluding hydrogens is 205 g/mol. The minimum Gasteiger partial charge on any atom is -0.303 e. The largest absolute Gasteiger partial charge is 0.303 e. The van der Waals surface area contributed by atoms with E-state index in [9.17, 15) is 0 Å². The molecule has 1 nitrogen and oxygen atoms in total. The zero-order valence-electron chi connectivity index (χ0n) is 8.01. The van der Waals surface area contributed by atoms with Gasteiger partial charge in [0.05, 0.1) is 0 Å². The summed E-state index contributed by atoms with van der Waals surface area (Å²) in [5.41, 5.74) is 1.11. The Hall–Kier alpha value is -0.240. The fourth-order valence-corrected chi connectivity index (χ4v) is 1.68. The van der Waals surface area contributed by atoms with Gasteiger partial charge in [0.2, 0.25) is 0 Å². The third-order valence-corrected chi connectivity index (χ3v) is 2.75. The first-order valence-corrected chi connectivity index (χ1v) is 4.89. The van der Waals surface area contributed by atoms with Gasteiger partial charge in [-0.05, 0) is 38.7 Å². The molecule has 1 aromatic rings. The van der Waals surface area contributed by atoms with Crippen molar-refractivity contribution in [1.29, 1.82) is 0 Å². The fraction of sp³-hybridized carbons (Fsp3) is 0.400. The Balaban J connectivity index is 3.01. The highest BCUT2D eigenvalue weighted by Gasteiger charge is 2.11. The van der Waals surface area contributed by atoms with Crippen LogP contribution in [0.5, 0.6) is 0 Å². The van der Waals surface area contributed by atoms with E-state index in [0.29, 0.717) is 11.1 Å². The molecular formula is C10H13Cl2N. The van der Waals surface area contributed by atoms with Gasteiger partial charge in [0.25, 0.3) is 0 Å². The van der Waals surface area contributed by atoms with Gasteiger partial charge < -0.3 is 4.90 Å². The first kappa shape index (κ1) is 10.8. The molecule has 1 rings (SSSR count). The monoisotopic (exact) mass is 217 g/mol. The molecule has 0 N–H and O–H groups in total. The third-order valence-electron chi connectivity index (χ3n) is 2.19. The Bertz CT molecular complexity index is 297. The highest BCUT2D eigenvalue weighted by Crippen LogP contribution is 2.28. The molecule has 0 aliphatic carbocycles. The van der Waals surface area contributed by atoms with Crippen LogP contribution in [-0.4, -0.2) is 19.0 Å². The van der Waals surface area contributed by atoms with Crippen molar-refractivity contribution in [3.8, 4) is 0 Å². The van der Waals surface area contributed by atoms with Crippen LogP contribution in [0.2, 0.25) is 10.0 Å². The van der Waals surface area contributed by atoms with Crippen molar-refractivity contribution in [2.75, 3.05) is 14.1 Å². The summed E-state index contributed by atoms with van der Waals surface area (Å²) in [7, 11) is 4.05. The van der Waals surface area contributed by atoms with Crippen LogP contribution in [0.25, 0.3) is 0 Å². The van der Waals surface area contributed by atoms with E-state index in [4.69, 9.17) is 23.2 Å². The summed E-state index contributed by atoms with van der Waals surface area (Å²) in [5, 5.41) is 1.41. The minimum atomic E-state index is 0.310. The van der Waals surface area contributed by atoms with Gasteiger partial charge in [-0.3, -0.25) is 0 Å². The summed E-state index contributed by atoms with van der Waals surface area (Å²) in [6.07, 6.45) is 0. The van der Waals surface area contributed by atoms with E-state index in [-0.39, 0.29) is 0 Å². The van der Waals surface area contributed by atoms with Crippen molar-refractivity contribution in [1.82, 2.24) is 4.90 Å². The van der Waals surface area contributed by atoms with Gasteiger partial charge >= 0.3 is 0 Å². The average Bonchev–Trinajstić information content (AvgIpc) is 2.03. The van der Waals surface area contributed by atoms with Crippen LogP contribution in [0.1, 0.15) is 18.5 Å². The normalized spacial score (nSPS) is 13.4. The van der Waals surface area contributed by atoms with Crippen LogP contribution >= 0.6 is 23.2 Å². The van der Waals surface area contributed by atoms with Crippen molar-refractivity contribution < 1.29 is 0 Å².